The van der Waals surface area contributed by atoms with Gasteiger partial charge in [-0.1, -0.05) is 6.07 Å². The van der Waals surface area contributed by atoms with E-state index in [1.54, 1.807) is 0 Å². The van der Waals surface area contributed by atoms with E-state index < -0.39 is 0 Å². The van der Waals surface area contributed by atoms with Gasteiger partial charge in [-0.05, 0) is 30.5 Å². The maximum Gasteiger partial charge on any atom is 0.0500 e. The SMILES string of the molecule is Cc1cc2ccc(N3CCNCC3)cc2n1C. The van der Waals surface area contributed by atoms with Gasteiger partial charge in [-0.3, -0.25) is 0 Å². The molecule has 1 aliphatic rings. The van der Waals surface area contributed by atoms with Crippen LogP contribution in [-0.2, 0) is 7.05 Å². The van der Waals surface area contributed by atoms with Crippen LogP contribution in [0, 0.1) is 6.92 Å². The van der Waals surface area contributed by atoms with E-state index in [0.717, 1.165) is 26.2 Å². The Morgan fingerprint density at radius 2 is 1.88 bits per heavy atom. The van der Waals surface area contributed by atoms with Gasteiger partial charge in [0.1, 0.15) is 0 Å². The first-order valence-electron chi connectivity index (χ1n) is 6.27. The molecule has 1 N–H and O–H groups in total. The fourth-order valence-electron chi connectivity index (χ4n) is 2.58. The van der Waals surface area contributed by atoms with Crippen molar-refractivity contribution in [2.75, 3.05) is 31.1 Å². The monoisotopic (exact) mass is 229 g/mol. The van der Waals surface area contributed by atoms with Crippen LogP contribution in [0.25, 0.3) is 10.9 Å². The zero-order valence-electron chi connectivity index (χ0n) is 10.5. The highest BCUT2D eigenvalue weighted by Gasteiger charge is 2.11. The number of benzene rings is 1. The summed E-state index contributed by atoms with van der Waals surface area (Å²) in [7, 11) is 2.14. The van der Waals surface area contributed by atoms with Crippen molar-refractivity contribution in [2.24, 2.45) is 7.05 Å². The molecule has 3 nitrogen and oxygen atoms in total. The minimum absolute atomic E-state index is 1.09. The van der Waals surface area contributed by atoms with E-state index in [4.69, 9.17) is 0 Å². The average molecular weight is 229 g/mol. The van der Waals surface area contributed by atoms with Gasteiger partial charge in [-0.15, -0.1) is 0 Å². The molecule has 0 atom stereocenters. The summed E-state index contributed by atoms with van der Waals surface area (Å²) in [5.74, 6) is 0. The summed E-state index contributed by atoms with van der Waals surface area (Å²) >= 11 is 0. The molecule has 0 unspecified atom stereocenters. The van der Waals surface area contributed by atoms with E-state index in [0.29, 0.717) is 0 Å². The Morgan fingerprint density at radius 1 is 1.12 bits per heavy atom. The van der Waals surface area contributed by atoms with Gasteiger partial charge >= 0.3 is 0 Å². The van der Waals surface area contributed by atoms with E-state index in [9.17, 15) is 0 Å². The highest BCUT2D eigenvalue weighted by atomic mass is 15.2. The first-order valence-corrected chi connectivity index (χ1v) is 6.27. The van der Waals surface area contributed by atoms with Gasteiger partial charge in [0, 0.05) is 44.6 Å². The molecule has 0 bridgehead atoms. The number of anilines is 1. The Labute approximate surface area is 102 Å². The van der Waals surface area contributed by atoms with Crippen LogP contribution in [0.5, 0.6) is 0 Å². The second-order valence-electron chi connectivity index (χ2n) is 4.82. The number of nitrogens with one attached hydrogen (secondary N) is 1. The van der Waals surface area contributed by atoms with E-state index >= 15 is 0 Å². The van der Waals surface area contributed by atoms with Crippen molar-refractivity contribution >= 4 is 16.6 Å². The lowest BCUT2D eigenvalue weighted by Crippen LogP contribution is -2.43. The summed E-state index contributed by atoms with van der Waals surface area (Å²) < 4.78 is 2.26. The molecular weight excluding hydrogens is 210 g/mol. The fourth-order valence-corrected chi connectivity index (χ4v) is 2.58. The molecule has 1 aromatic heterocycles. The third-order valence-corrected chi connectivity index (χ3v) is 3.75. The minimum atomic E-state index is 1.09. The number of nitrogens with zero attached hydrogens (tertiary/aromatic N) is 2. The molecule has 2 heterocycles. The topological polar surface area (TPSA) is 20.2 Å². The number of rotatable bonds is 1. The summed E-state index contributed by atoms with van der Waals surface area (Å²) in [4.78, 5) is 2.46. The average Bonchev–Trinajstić information content (AvgIpc) is 2.66. The van der Waals surface area contributed by atoms with Crippen LogP contribution >= 0.6 is 0 Å². The quantitative estimate of drug-likeness (QED) is 0.806. The van der Waals surface area contributed by atoms with Crippen LogP contribution in [0.15, 0.2) is 24.3 Å². The van der Waals surface area contributed by atoms with Gasteiger partial charge < -0.3 is 14.8 Å². The minimum Gasteiger partial charge on any atom is -0.369 e. The predicted octanol–water partition coefficient (Wildman–Crippen LogP) is 1.90. The Bertz CT molecular complexity index is 536. The van der Waals surface area contributed by atoms with Crippen molar-refractivity contribution in [1.82, 2.24) is 9.88 Å². The van der Waals surface area contributed by atoms with Crippen molar-refractivity contribution in [2.45, 2.75) is 6.92 Å². The molecule has 0 aliphatic carbocycles. The predicted molar refractivity (Wildman–Crippen MR) is 72.7 cm³/mol. The highest BCUT2D eigenvalue weighted by Crippen LogP contribution is 2.24. The normalized spacial score (nSPS) is 16.7. The summed E-state index contributed by atoms with van der Waals surface area (Å²) in [6.45, 7) is 6.54. The molecule has 1 aliphatic heterocycles. The van der Waals surface area contributed by atoms with E-state index in [2.05, 4.69) is 53.0 Å². The number of hydrogen-bond acceptors (Lipinski definition) is 2. The van der Waals surface area contributed by atoms with E-state index in [1.807, 2.05) is 0 Å². The number of piperazine rings is 1. The van der Waals surface area contributed by atoms with Crippen LogP contribution in [0.1, 0.15) is 5.69 Å². The molecule has 0 amide bonds. The summed E-state index contributed by atoms with van der Waals surface area (Å²) in [6.07, 6.45) is 0. The second kappa shape index (κ2) is 4.08. The van der Waals surface area contributed by atoms with Crippen molar-refractivity contribution in [1.29, 1.82) is 0 Å². The Hall–Kier alpha value is -1.48. The van der Waals surface area contributed by atoms with Crippen LogP contribution in [-0.4, -0.2) is 30.7 Å². The number of hydrogen-bond donors (Lipinski definition) is 1. The molecule has 1 saturated heterocycles. The zero-order valence-corrected chi connectivity index (χ0v) is 10.5. The van der Waals surface area contributed by atoms with Gasteiger partial charge in [-0.25, -0.2) is 0 Å². The summed E-state index contributed by atoms with van der Waals surface area (Å²) in [6, 6.07) is 9.04. The lowest BCUT2D eigenvalue weighted by Gasteiger charge is -2.29. The van der Waals surface area contributed by atoms with Crippen LogP contribution in [0.2, 0.25) is 0 Å². The Morgan fingerprint density at radius 3 is 2.65 bits per heavy atom. The standard InChI is InChI=1S/C14H19N3/c1-11-9-12-3-4-13(10-14(12)16(11)2)17-7-5-15-6-8-17/h3-4,9-10,15H,5-8H2,1-2H3. The van der Waals surface area contributed by atoms with Gasteiger partial charge in [0.2, 0.25) is 0 Å². The number of aromatic nitrogens is 1. The molecule has 3 rings (SSSR count). The van der Waals surface area contributed by atoms with Crippen molar-refractivity contribution in [3.05, 3.63) is 30.0 Å². The van der Waals surface area contributed by atoms with Crippen molar-refractivity contribution in [3.8, 4) is 0 Å². The maximum absolute atomic E-state index is 3.39. The number of fused-ring (bicyclic) bond motifs is 1. The lowest BCUT2D eigenvalue weighted by atomic mass is 10.2. The molecular formula is C14H19N3. The van der Waals surface area contributed by atoms with Gasteiger partial charge in [-0.2, -0.15) is 0 Å². The first kappa shape index (κ1) is 10.7. The molecule has 17 heavy (non-hydrogen) atoms. The Kier molecular flexibility index (Phi) is 2.56. The molecule has 0 spiro atoms. The third-order valence-electron chi connectivity index (χ3n) is 3.75. The molecule has 90 valence electrons. The fraction of sp³-hybridized carbons (Fsp3) is 0.429. The van der Waals surface area contributed by atoms with E-state index in [-0.39, 0.29) is 0 Å². The third kappa shape index (κ3) is 1.80. The first-order chi connectivity index (χ1) is 8.25. The van der Waals surface area contributed by atoms with Crippen molar-refractivity contribution in [3.63, 3.8) is 0 Å². The van der Waals surface area contributed by atoms with Gasteiger partial charge in [0.15, 0.2) is 0 Å². The lowest BCUT2D eigenvalue weighted by molar-refractivity contribution is 0.589. The Balaban J connectivity index is 2.02. The zero-order chi connectivity index (χ0) is 11.8. The van der Waals surface area contributed by atoms with Crippen molar-refractivity contribution < 1.29 is 0 Å². The molecule has 0 radical (unpaired) electrons. The summed E-state index contributed by atoms with van der Waals surface area (Å²) in [5, 5.41) is 4.73. The van der Waals surface area contributed by atoms with Crippen LogP contribution in [0.4, 0.5) is 5.69 Å². The van der Waals surface area contributed by atoms with Crippen LogP contribution < -0.4 is 10.2 Å². The molecule has 3 heteroatoms. The molecule has 0 saturated carbocycles. The molecule has 1 fully saturated rings. The van der Waals surface area contributed by atoms with Crippen LogP contribution in [0.3, 0.4) is 0 Å². The van der Waals surface area contributed by atoms with Gasteiger partial charge in [0.05, 0.1) is 5.52 Å². The molecule has 1 aromatic carbocycles. The molecule has 2 aromatic rings. The largest absolute Gasteiger partial charge is 0.369 e. The highest BCUT2D eigenvalue weighted by molar-refractivity contribution is 5.84. The van der Waals surface area contributed by atoms with Gasteiger partial charge in [0.25, 0.3) is 0 Å². The summed E-state index contributed by atoms with van der Waals surface area (Å²) in [5.41, 5.74) is 4.00. The smallest absolute Gasteiger partial charge is 0.0500 e. The second-order valence-corrected chi connectivity index (χ2v) is 4.82. The number of aryl methyl sites for hydroxylation is 2. The maximum atomic E-state index is 3.39. The van der Waals surface area contributed by atoms with E-state index in [1.165, 1.54) is 22.3 Å².